The number of amidine groups is 1. The fraction of sp³-hybridized carbons (Fsp3) is 0.529. The molecule has 0 saturated carbocycles. The zero-order chi connectivity index (χ0) is 19.4. The summed E-state index contributed by atoms with van der Waals surface area (Å²) in [5.41, 5.74) is 6.63. The van der Waals surface area contributed by atoms with Crippen molar-refractivity contribution in [1.82, 2.24) is 10.2 Å². The molecule has 3 rings (SSSR count). The molecule has 10 heteroatoms. The molecule has 0 aromatic heterocycles. The summed E-state index contributed by atoms with van der Waals surface area (Å²) in [6.07, 6.45) is 2.78. The number of anilines is 1. The standard InChI is InChI=1S/C17H25N5O4S/c1-2-8-19-17(23)22-9-4-5-12(10-22)11-26-14-7-3-6-13-15(14)16(18)21-27(24,25)20-13/h3,6-7,12,20H,2,4-5,8-11H2,1H3,(H2,18,21)(H,19,23). The van der Waals surface area contributed by atoms with Gasteiger partial charge in [0.05, 0.1) is 17.9 Å². The molecule has 27 heavy (non-hydrogen) atoms. The lowest BCUT2D eigenvalue weighted by molar-refractivity contribution is 0.137. The van der Waals surface area contributed by atoms with Crippen LogP contribution < -0.4 is 20.5 Å². The maximum Gasteiger partial charge on any atom is 0.344 e. The maximum absolute atomic E-state index is 12.1. The summed E-state index contributed by atoms with van der Waals surface area (Å²) in [6.45, 7) is 4.47. The Morgan fingerprint density at radius 3 is 3.07 bits per heavy atom. The molecule has 2 amide bonds. The number of hydrogen-bond donors (Lipinski definition) is 3. The number of urea groups is 1. The molecule has 1 atom stereocenters. The Balaban J connectivity index is 1.65. The van der Waals surface area contributed by atoms with Crippen molar-refractivity contribution in [2.75, 3.05) is 31.0 Å². The van der Waals surface area contributed by atoms with Crippen molar-refractivity contribution in [1.29, 1.82) is 0 Å². The van der Waals surface area contributed by atoms with E-state index in [9.17, 15) is 13.2 Å². The number of nitrogens with zero attached hydrogens (tertiary/aromatic N) is 2. The minimum absolute atomic E-state index is 0.0376. The molecule has 0 spiro atoms. The van der Waals surface area contributed by atoms with Crippen molar-refractivity contribution in [3.8, 4) is 5.75 Å². The summed E-state index contributed by atoms with van der Waals surface area (Å²) in [5.74, 6) is 0.577. The number of rotatable bonds is 5. The minimum atomic E-state index is -3.82. The first-order chi connectivity index (χ1) is 12.9. The monoisotopic (exact) mass is 395 g/mol. The molecular formula is C17H25N5O4S. The third kappa shape index (κ3) is 4.62. The smallest absolute Gasteiger partial charge is 0.344 e. The highest BCUT2D eigenvalue weighted by atomic mass is 32.2. The predicted octanol–water partition coefficient (Wildman–Crippen LogP) is 1.27. The highest BCUT2D eigenvalue weighted by molar-refractivity contribution is 7.91. The van der Waals surface area contributed by atoms with E-state index in [1.807, 2.05) is 11.8 Å². The van der Waals surface area contributed by atoms with Gasteiger partial charge in [-0.25, -0.2) is 4.79 Å². The van der Waals surface area contributed by atoms with Gasteiger partial charge in [0.25, 0.3) is 0 Å². The molecule has 4 N–H and O–H groups in total. The van der Waals surface area contributed by atoms with Gasteiger partial charge >= 0.3 is 16.2 Å². The Morgan fingerprint density at radius 2 is 2.30 bits per heavy atom. The van der Waals surface area contributed by atoms with Crippen LogP contribution in [0.4, 0.5) is 10.5 Å². The van der Waals surface area contributed by atoms with E-state index in [0.717, 1.165) is 25.8 Å². The number of nitrogens with one attached hydrogen (secondary N) is 2. The maximum atomic E-state index is 12.1. The second-order valence-corrected chi connectivity index (χ2v) is 8.07. The Bertz CT molecular complexity index is 840. The molecule has 1 unspecified atom stereocenters. The normalized spacial score (nSPS) is 20.9. The molecule has 9 nitrogen and oxygen atoms in total. The number of benzene rings is 1. The number of fused-ring (bicyclic) bond motifs is 1. The third-order valence-corrected chi connectivity index (χ3v) is 5.46. The van der Waals surface area contributed by atoms with Gasteiger partial charge in [0, 0.05) is 25.6 Å². The lowest BCUT2D eigenvalue weighted by Gasteiger charge is -2.33. The molecular weight excluding hydrogens is 370 g/mol. The van der Waals surface area contributed by atoms with Crippen molar-refractivity contribution in [2.45, 2.75) is 26.2 Å². The molecule has 148 valence electrons. The van der Waals surface area contributed by atoms with Crippen molar-refractivity contribution in [3.63, 3.8) is 0 Å². The number of piperidine rings is 1. The van der Waals surface area contributed by atoms with Crippen LogP contribution in [-0.4, -0.2) is 51.4 Å². The summed E-state index contributed by atoms with van der Waals surface area (Å²) in [6, 6.07) is 5.00. The van der Waals surface area contributed by atoms with E-state index in [0.29, 0.717) is 36.7 Å². The molecule has 0 bridgehead atoms. The van der Waals surface area contributed by atoms with Crippen LogP contribution in [0, 0.1) is 5.92 Å². The molecule has 1 saturated heterocycles. The van der Waals surface area contributed by atoms with Crippen LogP contribution in [-0.2, 0) is 10.2 Å². The molecule has 1 fully saturated rings. The van der Waals surface area contributed by atoms with Crippen LogP contribution in [0.15, 0.2) is 22.6 Å². The van der Waals surface area contributed by atoms with E-state index in [4.69, 9.17) is 10.5 Å². The van der Waals surface area contributed by atoms with Crippen LogP contribution in [0.5, 0.6) is 5.75 Å². The Labute approximate surface area is 159 Å². The van der Waals surface area contributed by atoms with Gasteiger partial charge < -0.3 is 20.7 Å². The van der Waals surface area contributed by atoms with Crippen molar-refractivity contribution >= 4 is 27.8 Å². The Morgan fingerprint density at radius 1 is 1.48 bits per heavy atom. The first-order valence-electron chi connectivity index (χ1n) is 9.06. The van der Waals surface area contributed by atoms with Gasteiger partial charge in [-0.05, 0) is 31.4 Å². The molecule has 2 aliphatic rings. The van der Waals surface area contributed by atoms with Gasteiger partial charge in [-0.2, -0.15) is 8.42 Å². The van der Waals surface area contributed by atoms with Crippen LogP contribution in [0.1, 0.15) is 31.7 Å². The molecule has 1 aromatic rings. The van der Waals surface area contributed by atoms with E-state index in [1.54, 1.807) is 18.2 Å². The SMILES string of the molecule is CCCNC(=O)N1CCCC(COc2cccc3c2C(N)=NS(=O)(=O)N3)C1. The summed E-state index contributed by atoms with van der Waals surface area (Å²) in [7, 11) is -3.82. The van der Waals surface area contributed by atoms with E-state index in [-0.39, 0.29) is 17.8 Å². The average molecular weight is 395 g/mol. The molecule has 1 aromatic carbocycles. The number of nitrogens with two attached hydrogens (primary N) is 1. The fourth-order valence-electron chi connectivity index (χ4n) is 3.27. The van der Waals surface area contributed by atoms with E-state index in [2.05, 4.69) is 14.4 Å². The molecule has 0 aliphatic carbocycles. The van der Waals surface area contributed by atoms with Gasteiger partial charge in [-0.1, -0.05) is 13.0 Å². The van der Waals surface area contributed by atoms with E-state index < -0.39 is 10.2 Å². The first-order valence-corrected chi connectivity index (χ1v) is 10.5. The summed E-state index contributed by atoms with van der Waals surface area (Å²) < 4.78 is 35.1. The molecule has 2 aliphatic heterocycles. The van der Waals surface area contributed by atoms with Crippen LogP contribution in [0.25, 0.3) is 0 Å². The highest BCUT2D eigenvalue weighted by Crippen LogP contribution is 2.31. The summed E-state index contributed by atoms with van der Waals surface area (Å²) in [5, 5.41) is 2.90. The number of ether oxygens (including phenoxy) is 1. The number of likely N-dealkylation sites (tertiary alicyclic amines) is 1. The lowest BCUT2D eigenvalue weighted by atomic mass is 9.99. The van der Waals surface area contributed by atoms with Crippen molar-refractivity contribution in [2.24, 2.45) is 16.0 Å². The zero-order valence-electron chi connectivity index (χ0n) is 15.3. The Hall–Kier alpha value is -2.49. The molecule has 0 radical (unpaired) electrons. The number of carbonyl (C=O) groups excluding carboxylic acids is 1. The number of hydrogen-bond acceptors (Lipinski definition) is 5. The van der Waals surface area contributed by atoms with Crippen LogP contribution >= 0.6 is 0 Å². The van der Waals surface area contributed by atoms with Gasteiger partial charge in [0.1, 0.15) is 5.75 Å². The predicted molar refractivity (Wildman–Crippen MR) is 103 cm³/mol. The van der Waals surface area contributed by atoms with Gasteiger partial charge in [0.2, 0.25) is 0 Å². The first kappa shape index (κ1) is 19.3. The average Bonchev–Trinajstić information content (AvgIpc) is 2.63. The van der Waals surface area contributed by atoms with Crippen molar-refractivity contribution in [3.05, 3.63) is 23.8 Å². The fourth-order valence-corrected chi connectivity index (χ4v) is 4.12. The third-order valence-electron chi connectivity index (χ3n) is 4.55. The summed E-state index contributed by atoms with van der Waals surface area (Å²) >= 11 is 0. The largest absolute Gasteiger partial charge is 0.492 e. The molecule has 2 heterocycles. The lowest BCUT2D eigenvalue weighted by Crippen LogP contribution is -2.46. The quantitative estimate of drug-likeness (QED) is 0.692. The number of carbonyl (C=O) groups is 1. The van der Waals surface area contributed by atoms with Crippen molar-refractivity contribution < 1.29 is 17.9 Å². The number of amides is 2. The van der Waals surface area contributed by atoms with Gasteiger partial charge in [0.15, 0.2) is 5.84 Å². The minimum Gasteiger partial charge on any atom is -0.492 e. The van der Waals surface area contributed by atoms with E-state index >= 15 is 0 Å². The second kappa shape index (κ2) is 8.03. The van der Waals surface area contributed by atoms with Gasteiger partial charge in [-0.3, -0.25) is 4.72 Å². The van der Waals surface area contributed by atoms with Crippen LogP contribution in [0.2, 0.25) is 0 Å². The second-order valence-electron chi connectivity index (χ2n) is 6.73. The highest BCUT2D eigenvalue weighted by Gasteiger charge is 2.27. The van der Waals surface area contributed by atoms with E-state index in [1.165, 1.54) is 0 Å². The van der Waals surface area contributed by atoms with Crippen LogP contribution in [0.3, 0.4) is 0 Å². The summed E-state index contributed by atoms with van der Waals surface area (Å²) in [4.78, 5) is 14.0. The topological polar surface area (TPSA) is 126 Å². The zero-order valence-corrected chi connectivity index (χ0v) is 16.1. The van der Waals surface area contributed by atoms with Gasteiger partial charge in [-0.15, -0.1) is 4.40 Å². The Kier molecular flexibility index (Phi) is 5.73.